The Bertz CT molecular complexity index is 261. The van der Waals surface area contributed by atoms with Gasteiger partial charge in [-0.05, 0) is 13.8 Å². The van der Waals surface area contributed by atoms with E-state index >= 15 is 0 Å². The van der Waals surface area contributed by atoms with Crippen molar-refractivity contribution in [1.29, 1.82) is 0 Å². The van der Waals surface area contributed by atoms with E-state index < -0.39 is 43.8 Å². The second-order valence-electron chi connectivity index (χ2n) is 4.63. The van der Waals surface area contributed by atoms with Crippen molar-refractivity contribution in [2.75, 3.05) is 26.4 Å². The molecule has 0 spiro atoms. The molecule has 0 rings (SSSR count). The number of carboxylic acids is 2. The summed E-state index contributed by atoms with van der Waals surface area (Å²) in [6.45, 7) is 5.88. The van der Waals surface area contributed by atoms with Gasteiger partial charge in [0, 0.05) is 0 Å². The number of allylic oxidation sites excluding steroid dienone is 1. The minimum atomic E-state index is -1.11. The predicted octanol–water partition coefficient (Wildman–Crippen LogP) is -0.540. The molecule has 0 amide bonds. The van der Waals surface area contributed by atoms with E-state index in [0.29, 0.717) is 0 Å². The third-order valence-electron chi connectivity index (χ3n) is 1.89. The number of aliphatic hydroxyl groups is 4. The molecule has 0 fully saturated rings. The third-order valence-corrected chi connectivity index (χ3v) is 1.89. The molecule has 126 valence electrons. The Labute approximate surface area is 124 Å². The molecule has 0 saturated heterocycles. The monoisotopic (exact) mass is 310 g/mol. The highest BCUT2D eigenvalue weighted by Crippen LogP contribution is 2.11. The Morgan fingerprint density at radius 2 is 1.00 bits per heavy atom. The number of aliphatic hydroxyl groups excluding tert-OH is 4. The highest BCUT2D eigenvalue weighted by atomic mass is 16.4. The van der Waals surface area contributed by atoms with Crippen LogP contribution in [0, 0.1) is 5.41 Å². The maximum atomic E-state index is 9.64. The van der Waals surface area contributed by atoms with Crippen LogP contribution in [0.4, 0.5) is 0 Å². The van der Waals surface area contributed by atoms with E-state index in [4.69, 9.17) is 30.6 Å². The number of rotatable bonds is 7. The summed E-state index contributed by atoms with van der Waals surface area (Å²) in [6, 6.07) is 0. The van der Waals surface area contributed by atoms with Crippen molar-refractivity contribution in [2.24, 2.45) is 5.41 Å². The number of hydrogen-bond donors (Lipinski definition) is 6. The summed E-state index contributed by atoms with van der Waals surface area (Å²) < 4.78 is 0. The van der Waals surface area contributed by atoms with Gasteiger partial charge in [0.1, 0.15) is 0 Å². The van der Waals surface area contributed by atoms with Crippen molar-refractivity contribution >= 4 is 11.9 Å². The fourth-order valence-electron chi connectivity index (χ4n) is 0.514. The molecule has 0 aromatic heterocycles. The first-order valence-corrected chi connectivity index (χ1v) is 6.10. The average molecular weight is 310 g/mol. The van der Waals surface area contributed by atoms with E-state index in [9.17, 15) is 9.59 Å². The normalized spacial score (nSPS) is 9.62. The van der Waals surface area contributed by atoms with Crippen molar-refractivity contribution in [1.82, 2.24) is 0 Å². The predicted molar refractivity (Wildman–Crippen MR) is 75.8 cm³/mol. The molecular formula is C13H26O8. The summed E-state index contributed by atoms with van der Waals surface area (Å²) in [5.41, 5.74) is 0.0556. The van der Waals surface area contributed by atoms with Crippen molar-refractivity contribution in [3.63, 3.8) is 0 Å². The first-order chi connectivity index (χ1) is 9.60. The smallest absolute Gasteiger partial charge is 0.303 e. The van der Waals surface area contributed by atoms with E-state index in [0.717, 1.165) is 0 Å². The fraction of sp³-hybridized carbons (Fsp3) is 0.692. The van der Waals surface area contributed by atoms with Crippen LogP contribution >= 0.6 is 0 Å². The van der Waals surface area contributed by atoms with Crippen LogP contribution < -0.4 is 0 Å². The highest BCUT2D eigenvalue weighted by molar-refractivity contribution is 5.75. The number of carboxylic acid groups (broad SMARTS) is 2. The molecule has 0 bridgehead atoms. The van der Waals surface area contributed by atoms with Crippen LogP contribution in [0.2, 0.25) is 0 Å². The van der Waals surface area contributed by atoms with Gasteiger partial charge in [-0.2, -0.15) is 0 Å². The maximum absolute atomic E-state index is 9.64. The summed E-state index contributed by atoms with van der Waals surface area (Å²) in [5.74, 6) is -2.15. The zero-order chi connectivity index (χ0) is 17.5. The second kappa shape index (κ2) is 14.9. The molecular weight excluding hydrogens is 284 g/mol. The fourth-order valence-corrected chi connectivity index (χ4v) is 0.514. The summed E-state index contributed by atoms with van der Waals surface area (Å²) in [7, 11) is 0. The quantitative estimate of drug-likeness (QED) is 0.342. The molecule has 0 aliphatic rings. The lowest BCUT2D eigenvalue weighted by Gasteiger charge is -2.23. The standard InChI is InChI=1S/C5H12O4.C4H6O4.C4H8/c6-1-5(2-7,3-8)4-9;5-3(6)1-2-4(7)8;1-4(2)3/h6-9H,1-4H2;1-2H2,(H,5,6)(H,7,8);1H2,2-3H3. The third kappa shape index (κ3) is 21.0. The molecule has 0 aromatic rings. The van der Waals surface area contributed by atoms with Crippen molar-refractivity contribution in [3.05, 3.63) is 12.2 Å². The van der Waals surface area contributed by atoms with Crippen LogP contribution in [0.1, 0.15) is 26.7 Å². The topological polar surface area (TPSA) is 156 Å². The molecule has 0 unspecified atom stereocenters. The Kier molecular flexibility index (Phi) is 17.4. The lowest BCUT2D eigenvalue weighted by atomic mass is 9.93. The summed E-state index contributed by atoms with van der Waals surface area (Å²) in [4.78, 5) is 19.3. The number of hydrogen-bond acceptors (Lipinski definition) is 6. The van der Waals surface area contributed by atoms with Crippen molar-refractivity contribution < 1.29 is 40.2 Å². The maximum Gasteiger partial charge on any atom is 0.303 e. The van der Waals surface area contributed by atoms with E-state index in [-0.39, 0.29) is 12.8 Å². The van der Waals surface area contributed by atoms with Crippen LogP contribution in [-0.4, -0.2) is 69.0 Å². The van der Waals surface area contributed by atoms with E-state index in [1.165, 1.54) is 5.57 Å². The number of carbonyl (C=O) groups is 2. The van der Waals surface area contributed by atoms with Gasteiger partial charge in [0.15, 0.2) is 0 Å². The zero-order valence-corrected chi connectivity index (χ0v) is 12.4. The largest absolute Gasteiger partial charge is 0.481 e. The summed E-state index contributed by atoms with van der Waals surface area (Å²) in [6.07, 6.45) is -0.593. The Hall–Kier alpha value is -1.48. The van der Waals surface area contributed by atoms with Crippen molar-refractivity contribution in [2.45, 2.75) is 26.7 Å². The Balaban J connectivity index is -0.000000249. The molecule has 0 aliphatic carbocycles. The summed E-state index contributed by atoms with van der Waals surface area (Å²) in [5, 5.41) is 49.8. The first-order valence-electron chi connectivity index (χ1n) is 6.10. The van der Waals surface area contributed by atoms with Gasteiger partial charge >= 0.3 is 11.9 Å². The lowest BCUT2D eigenvalue weighted by molar-refractivity contribution is -0.143. The van der Waals surface area contributed by atoms with Gasteiger partial charge in [-0.3, -0.25) is 9.59 Å². The van der Waals surface area contributed by atoms with Crippen LogP contribution in [0.15, 0.2) is 12.2 Å². The Morgan fingerprint density at radius 3 is 1.05 bits per heavy atom. The minimum Gasteiger partial charge on any atom is -0.481 e. The van der Waals surface area contributed by atoms with Gasteiger partial charge in [0.25, 0.3) is 0 Å². The van der Waals surface area contributed by atoms with Gasteiger partial charge < -0.3 is 30.6 Å². The lowest BCUT2D eigenvalue weighted by Crippen LogP contribution is -2.37. The van der Waals surface area contributed by atoms with Crippen LogP contribution in [0.5, 0.6) is 0 Å². The van der Waals surface area contributed by atoms with Gasteiger partial charge in [-0.1, -0.05) is 5.57 Å². The second-order valence-corrected chi connectivity index (χ2v) is 4.63. The molecule has 0 aliphatic heterocycles. The Morgan fingerprint density at radius 1 is 0.810 bits per heavy atom. The molecule has 6 N–H and O–H groups in total. The molecule has 0 radical (unpaired) electrons. The average Bonchev–Trinajstić information content (AvgIpc) is 2.40. The van der Waals surface area contributed by atoms with Crippen LogP contribution in [0.25, 0.3) is 0 Å². The van der Waals surface area contributed by atoms with Crippen LogP contribution in [-0.2, 0) is 9.59 Å². The van der Waals surface area contributed by atoms with Gasteiger partial charge in [0.05, 0.1) is 44.7 Å². The van der Waals surface area contributed by atoms with E-state index in [1.54, 1.807) is 0 Å². The summed E-state index contributed by atoms with van der Waals surface area (Å²) >= 11 is 0. The van der Waals surface area contributed by atoms with E-state index in [2.05, 4.69) is 6.58 Å². The molecule has 0 atom stereocenters. The highest BCUT2D eigenvalue weighted by Gasteiger charge is 2.26. The van der Waals surface area contributed by atoms with Gasteiger partial charge in [-0.25, -0.2) is 0 Å². The van der Waals surface area contributed by atoms with Crippen LogP contribution in [0.3, 0.4) is 0 Å². The van der Waals surface area contributed by atoms with Crippen molar-refractivity contribution in [3.8, 4) is 0 Å². The SMILES string of the molecule is C=C(C)C.O=C(O)CCC(=O)O.OCC(CO)(CO)CO. The van der Waals surface area contributed by atoms with E-state index in [1.807, 2.05) is 13.8 Å². The van der Waals surface area contributed by atoms with Gasteiger partial charge in [-0.15, -0.1) is 6.58 Å². The minimum absolute atomic E-state index is 0.296. The first kappa shape index (κ1) is 24.5. The molecule has 21 heavy (non-hydrogen) atoms. The molecule has 8 heteroatoms. The number of aliphatic carboxylic acids is 2. The molecule has 0 heterocycles. The van der Waals surface area contributed by atoms with Gasteiger partial charge in [0.2, 0.25) is 0 Å². The zero-order valence-electron chi connectivity index (χ0n) is 12.4. The molecule has 0 aromatic carbocycles. The molecule has 8 nitrogen and oxygen atoms in total. The molecule has 0 saturated carbocycles.